The first-order valence-corrected chi connectivity index (χ1v) is 8.60. The summed E-state index contributed by atoms with van der Waals surface area (Å²) in [6.07, 6.45) is 0. The summed E-state index contributed by atoms with van der Waals surface area (Å²) < 4.78 is 23.4. The van der Waals surface area contributed by atoms with Crippen LogP contribution in [0.4, 0.5) is 10.1 Å². The quantitative estimate of drug-likeness (QED) is 0.787. The van der Waals surface area contributed by atoms with Gasteiger partial charge >= 0.3 is 0 Å². The Labute approximate surface area is 149 Å². The smallest absolute Gasteiger partial charge is 0.234 e. The maximum atomic E-state index is 13.0. The van der Waals surface area contributed by atoms with E-state index in [1.807, 2.05) is 0 Å². The molecule has 0 atom stereocenters. The average Bonchev–Trinajstić information content (AvgIpc) is 2.56. The Kier molecular flexibility index (Phi) is 6.75. The van der Waals surface area contributed by atoms with E-state index in [9.17, 15) is 9.18 Å². The molecule has 0 saturated heterocycles. The largest absolute Gasteiger partial charge is 0.497 e. The number of benzene rings is 2. The Bertz CT molecular complexity index is 727. The first-order valence-electron chi connectivity index (χ1n) is 7.07. The van der Waals surface area contributed by atoms with E-state index in [1.54, 1.807) is 31.4 Å². The van der Waals surface area contributed by atoms with Gasteiger partial charge in [-0.2, -0.15) is 0 Å². The maximum absolute atomic E-state index is 13.0. The predicted molar refractivity (Wildman–Crippen MR) is 95.7 cm³/mol. The van der Waals surface area contributed by atoms with Crippen LogP contribution in [0.25, 0.3) is 0 Å². The molecular weight excluding hydrogens is 353 g/mol. The van der Waals surface area contributed by atoms with Crippen LogP contribution in [0.5, 0.6) is 11.5 Å². The van der Waals surface area contributed by atoms with Gasteiger partial charge in [-0.15, -0.1) is 11.8 Å². The number of hydrogen-bond donors (Lipinski definition) is 1. The summed E-state index contributed by atoms with van der Waals surface area (Å²) in [5, 5.41) is 3.15. The summed E-state index contributed by atoms with van der Waals surface area (Å²) in [7, 11) is 3.08. The maximum Gasteiger partial charge on any atom is 0.234 e. The van der Waals surface area contributed by atoms with Crippen LogP contribution in [0.3, 0.4) is 0 Å². The van der Waals surface area contributed by atoms with Crippen molar-refractivity contribution in [3.8, 4) is 11.5 Å². The molecule has 0 saturated carbocycles. The molecule has 2 rings (SSSR count). The van der Waals surface area contributed by atoms with Gasteiger partial charge in [0.1, 0.15) is 17.3 Å². The van der Waals surface area contributed by atoms with Crippen LogP contribution in [0, 0.1) is 5.82 Å². The minimum Gasteiger partial charge on any atom is -0.497 e. The number of hydrogen-bond acceptors (Lipinski definition) is 4. The van der Waals surface area contributed by atoms with Gasteiger partial charge in [-0.3, -0.25) is 4.79 Å². The van der Waals surface area contributed by atoms with Gasteiger partial charge in [0.05, 0.1) is 25.7 Å². The van der Waals surface area contributed by atoms with Crippen LogP contribution in [0.2, 0.25) is 5.02 Å². The molecule has 4 nitrogen and oxygen atoms in total. The van der Waals surface area contributed by atoms with E-state index < -0.39 is 0 Å². The van der Waals surface area contributed by atoms with Gasteiger partial charge < -0.3 is 14.8 Å². The molecule has 0 spiro atoms. The molecule has 0 aliphatic rings. The van der Waals surface area contributed by atoms with E-state index in [0.717, 1.165) is 5.56 Å². The van der Waals surface area contributed by atoms with Gasteiger partial charge in [0.2, 0.25) is 5.91 Å². The molecule has 0 heterocycles. The molecule has 0 aliphatic carbocycles. The van der Waals surface area contributed by atoms with Crippen molar-refractivity contribution in [2.24, 2.45) is 0 Å². The molecule has 7 heteroatoms. The highest BCUT2D eigenvalue weighted by atomic mass is 35.5. The fraction of sp³-hybridized carbons (Fsp3) is 0.235. The highest BCUT2D eigenvalue weighted by Gasteiger charge is 2.10. The van der Waals surface area contributed by atoms with Gasteiger partial charge in [0.25, 0.3) is 0 Å². The Morgan fingerprint density at radius 1 is 1.21 bits per heavy atom. The second-order valence-corrected chi connectivity index (χ2v) is 6.24. The van der Waals surface area contributed by atoms with Crippen LogP contribution in [0.1, 0.15) is 5.56 Å². The van der Waals surface area contributed by atoms with Gasteiger partial charge in [-0.1, -0.05) is 17.7 Å². The summed E-state index contributed by atoms with van der Waals surface area (Å²) in [6, 6.07) is 9.40. The summed E-state index contributed by atoms with van der Waals surface area (Å²) in [5.41, 5.74) is 1.33. The van der Waals surface area contributed by atoms with Crippen molar-refractivity contribution < 1.29 is 18.7 Å². The first kappa shape index (κ1) is 18.4. The number of nitrogens with one attached hydrogen (secondary N) is 1. The molecule has 1 N–H and O–H groups in total. The molecule has 0 unspecified atom stereocenters. The van der Waals surface area contributed by atoms with Crippen molar-refractivity contribution >= 4 is 35.0 Å². The Balaban J connectivity index is 1.91. The van der Waals surface area contributed by atoms with E-state index in [1.165, 1.54) is 31.0 Å². The van der Waals surface area contributed by atoms with Crippen molar-refractivity contribution in [1.82, 2.24) is 0 Å². The second kappa shape index (κ2) is 8.80. The van der Waals surface area contributed by atoms with E-state index in [4.69, 9.17) is 21.1 Å². The fourth-order valence-electron chi connectivity index (χ4n) is 1.99. The van der Waals surface area contributed by atoms with Gasteiger partial charge in [0, 0.05) is 16.8 Å². The standard InChI is InChI=1S/C17H17ClFNO3S/c1-22-13-5-6-16(23-2)15(8-13)20-17(21)10-24-9-11-3-4-12(19)7-14(11)18/h3-8H,9-10H2,1-2H3,(H,20,21). The topological polar surface area (TPSA) is 47.6 Å². The molecule has 24 heavy (non-hydrogen) atoms. The lowest BCUT2D eigenvalue weighted by Gasteiger charge is -2.11. The fourth-order valence-corrected chi connectivity index (χ4v) is 3.14. The van der Waals surface area contributed by atoms with Crippen molar-refractivity contribution in [3.05, 3.63) is 52.8 Å². The third-order valence-electron chi connectivity index (χ3n) is 3.19. The van der Waals surface area contributed by atoms with Crippen molar-refractivity contribution in [2.45, 2.75) is 5.75 Å². The van der Waals surface area contributed by atoms with Crippen molar-refractivity contribution in [2.75, 3.05) is 25.3 Å². The summed E-state index contributed by atoms with van der Waals surface area (Å²) in [4.78, 5) is 12.1. The Morgan fingerprint density at radius 2 is 2.00 bits per heavy atom. The Morgan fingerprint density at radius 3 is 2.67 bits per heavy atom. The van der Waals surface area contributed by atoms with Gasteiger partial charge in [-0.25, -0.2) is 4.39 Å². The lowest BCUT2D eigenvalue weighted by Crippen LogP contribution is -2.15. The van der Waals surface area contributed by atoms with Crippen molar-refractivity contribution in [3.63, 3.8) is 0 Å². The number of halogens is 2. The van der Waals surface area contributed by atoms with E-state index in [0.29, 0.717) is 28.0 Å². The van der Waals surface area contributed by atoms with E-state index in [-0.39, 0.29) is 17.5 Å². The van der Waals surface area contributed by atoms with Crippen molar-refractivity contribution in [1.29, 1.82) is 0 Å². The number of rotatable bonds is 7. The van der Waals surface area contributed by atoms with Crippen LogP contribution >= 0.6 is 23.4 Å². The van der Waals surface area contributed by atoms with Gasteiger partial charge in [-0.05, 0) is 29.8 Å². The monoisotopic (exact) mass is 369 g/mol. The molecular formula is C17H17ClFNO3S. The minimum atomic E-state index is -0.378. The molecule has 0 aromatic heterocycles. The summed E-state index contributed by atoms with van der Waals surface area (Å²) >= 11 is 7.35. The highest BCUT2D eigenvalue weighted by Crippen LogP contribution is 2.29. The van der Waals surface area contributed by atoms with Gasteiger partial charge in [0.15, 0.2) is 0 Å². The van der Waals surface area contributed by atoms with Crippen LogP contribution in [0.15, 0.2) is 36.4 Å². The van der Waals surface area contributed by atoms with Crippen LogP contribution in [-0.4, -0.2) is 25.9 Å². The predicted octanol–water partition coefficient (Wildman–Crippen LogP) is 4.37. The molecule has 0 radical (unpaired) electrons. The molecule has 0 aliphatic heterocycles. The third kappa shape index (κ3) is 5.04. The lowest BCUT2D eigenvalue weighted by atomic mass is 10.2. The summed E-state index contributed by atoms with van der Waals surface area (Å²) in [5.74, 6) is 1.37. The number of ether oxygens (including phenoxy) is 2. The lowest BCUT2D eigenvalue weighted by molar-refractivity contribution is -0.113. The minimum absolute atomic E-state index is 0.176. The van der Waals surface area contributed by atoms with E-state index in [2.05, 4.69) is 5.32 Å². The molecule has 2 aromatic carbocycles. The third-order valence-corrected chi connectivity index (χ3v) is 4.52. The molecule has 2 aromatic rings. The number of carbonyl (C=O) groups excluding carboxylic acids is 1. The highest BCUT2D eigenvalue weighted by molar-refractivity contribution is 7.99. The number of carbonyl (C=O) groups is 1. The number of amides is 1. The summed E-state index contributed by atoms with van der Waals surface area (Å²) in [6.45, 7) is 0. The SMILES string of the molecule is COc1ccc(OC)c(NC(=O)CSCc2ccc(F)cc2Cl)c1. The molecule has 1 amide bonds. The normalized spacial score (nSPS) is 10.3. The molecule has 0 fully saturated rings. The van der Waals surface area contributed by atoms with Crippen LogP contribution < -0.4 is 14.8 Å². The second-order valence-electron chi connectivity index (χ2n) is 4.84. The number of methoxy groups -OCH3 is 2. The number of thioether (sulfide) groups is 1. The molecule has 128 valence electrons. The zero-order valence-corrected chi connectivity index (χ0v) is 14.8. The van der Waals surface area contributed by atoms with E-state index >= 15 is 0 Å². The zero-order valence-electron chi connectivity index (χ0n) is 13.3. The van der Waals surface area contributed by atoms with Crippen LogP contribution in [-0.2, 0) is 10.5 Å². The first-order chi connectivity index (χ1) is 11.5. The Hall–Kier alpha value is -1.92. The number of anilines is 1. The average molecular weight is 370 g/mol. The molecule has 0 bridgehead atoms. The zero-order chi connectivity index (χ0) is 17.5.